The third-order valence-corrected chi connectivity index (χ3v) is 5.05. The number of carbonyl (C=O) groups is 1. The molecule has 5 nitrogen and oxygen atoms in total. The van der Waals surface area contributed by atoms with E-state index in [9.17, 15) is 9.18 Å². The number of halogens is 1. The van der Waals surface area contributed by atoms with Crippen molar-refractivity contribution in [1.82, 2.24) is 10.1 Å². The van der Waals surface area contributed by atoms with Crippen molar-refractivity contribution in [1.29, 1.82) is 0 Å². The minimum Gasteiger partial charge on any atom is -0.333 e. The van der Waals surface area contributed by atoms with Gasteiger partial charge in [-0.3, -0.25) is 4.79 Å². The Labute approximate surface area is 141 Å². The summed E-state index contributed by atoms with van der Waals surface area (Å²) in [7, 11) is 0. The van der Waals surface area contributed by atoms with E-state index in [0.717, 1.165) is 4.88 Å². The molecule has 4 rings (SSSR count). The fourth-order valence-electron chi connectivity index (χ4n) is 2.90. The molecule has 1 aliphatic heterocycles. The number of carbonyl (C=O) groups excluding carboxylic acids is 1. The number of aromatic nitrogens is 2. The van der Waals surface area contributed by atoms with Gasteiger partial charge in [0.1, 0.15) is 5.82 Å². The SMILES string of the molecule is Cc1c(F)cccc1N1CC(c2noc(-c3cccs3)n2)CC1=O. The second kappa shape index (κ2) is 5.83. The Morgan fingerprint density at radius 2 is 2.21 bits per heavy atom. The van der Waals surface area contributed by atoms with Crippen molar-refractivity contribution in [2.45, 2.75) is 19.3 Å². The first kappa shape index (κ1) is 15.0. The smallest absolute Gasteiger partial charge is 0.267 e. The lowest BCUT2D eigenvalue weighted by molar-refractivity contribution is -0.117. The predicted molar refractivity (Wildman–Crippen MR) is 88.5 cm³/mol. The average Bonchev–Trinajstić information content (AvgIpc) is 3.29. The molecule has 1 amide bonds. The van der Waals surface area contributed by atoms with Crippen molar-refractivity contribution in [3.63, 3.8) is 0 Å². The first-order valence-electron chi connectivity index (χ1n) is 7.56. The molecule has 0 radical (unpaired) electrons. The van der Waals surface area contributed by atoms with Crippen molar-refractivity contribution in [3.8, 4) is 10.8 Å². The van der Waals surface area contributed by atoms with E-state index in [1.54, 1.807) is 24.0 Å². The Hall–Kier alpha value is -2.54. The molecule has 0 N–H and O–H groups in total. The van der Waals surface area contributed by atoms with Gasteiger partial charge in [-0.25, -0.2) is 4.39 Å². The van der Waals surface area contributed by atoms with Gasteiger partial charge in [0.2, 0.25) is 5.91 Å². The lowest BCUT2D eigenvalue weighted by Gasteiger charge is -2.18. The summed E-state index contributed by atoms with van der Waals surface area (Å²) in [4.78, 5) is 19.3. The molecule has 0 bridgehead atoms. The molecular weight excluding hydrogens is 329 g/mol. The largest absolute Gasteiger partial charge is 0.333 e. The number of amides is 1. The van der Waals surface area contributed by atoms with E-state index >= 15 is 0 Å². The minimum atomic E-state index is -0.316. The zero-order valence-electron chi connectivity index (χ0n) is 12.9. The molecule has 1 fully saturated rings. The number of nitrogens with zero attached hydrogens (tertiary/aromatic N) is 3. The van der Waals surface area contributed by atoms with Gasteiger partial charge in [0.15, 0.2) is 5.82 Å². The highest BCUT2D eigenvalue weighted by Gasteiger charge is 2.35. The summed E-state index contributed by atoms with van der Waals surface area (Å²) >= 11 is 1.52. The number of thiophene rings is 1. The topological polar surface area (TPSA) is 59.2 Å². The maximum Gasteiger partial charge on any atom is 0.267 e. The number of rotatable bonds is 3. The van der Waals surface area contributed by atoms with E-state index in [0.29, 0.717) is 35.9 Å². The summed E-state index contributed by atoms with van der Waals surface area (Å²) < 4.78 is 19.1. The van der Waals surface area contributed by atoms with Gasteiger partial charge in [-0.15, -0.1) is 11.3 Å². The Morgan fingerprint density at radius 3 is 3.00 bits per heavy atom. The second-order valence-corrected chi connectivity index (χ2v) is 6.67. The van der Waals surface area contributed by atoms with Crippen LogP contribution in [0.5, 0.6) is 0 Å². The van der Waals surface area contributed by atoms with Crippen LogP contribution in [0.3, 0.4) is 0 Å². The van der Waals surface area contributed by atoms with Gasteiger partial charge in [-0.1, -0.05) is 17.3 Å². The maximum absolute atomic E-state index is 13.8. The molecule has 3 aromatic rings. The molecule has 2 aromatic heterocycles. The van der Waals surface area contributed by atoms with Crippen LogP contribution < -0.4 is 4.90 Å². The van der Waals surface area contributed by atoms with Crippen molar-refractivity contribution < 1.29 is 13.7 Å². The van der Waals surface area contributed by atoms with Crippen molar-refractivity contribution in [2.24, 2.45) is 0 Å². The lowest BCUT2D eigenvalue weighted by Crippen LogP contribution is -2.25. The first-order chi connectivity index (χ1) is 11.6. The summed E-state index contributed by atoms with van der Waals surface area (Å²) in [6.07, 6.45) is 0.291. The van der Waals surface area contributed by atoms with E-state index in [1.807, 2.05) is 17.5 Å². The predicted octanol–water partition coefficient (Wildman–Crippen LogP) is 3.77. The molecule has 0 aliphatic carbocycles. The van der Waals surface area contributed by atoms with Gasteiger partial charge in [-0.05, 0) is 30.5 Å². The second-order valence-electron chi connectivity index (χ2n) is 5.72. The van der Waals surface area contributed by atoms with E-state index < -0.39 is 0 Å². The molecule has 1 aromatic carbocycles. The van der Waals surface area contributed by atoms with E-state index in [-0.39, 0.29) is 17.6 Å². The molecule has 122 valence electrons. The average molecular weight is 343 g/mol. The lowest BCUT2D eigenvalue weighted by atomic mass is 10.1. The molecule has 1 atom stereocenters. The fraction of sp³-hybridized carbons (Fsp3) is 0.235. The van der Waals surface area contributed by atoms with Gasteiger partial charge in [0, 0.05) is 30.1 Å². The zero-order chi connectivity index (χ0) is 16.7. The Morgan fingerprint density at radius 1 is 1.33 bits per heavy atom. The molecule has 1 aliphatic rings. The molecule has 0 spiro atoms. The van der Waals surface area contributed by atoms with Crippen molar-refractivity contribution >= 4 is 22.9 Å². The number of hydrogen-bond donors (Lipinski definition) is 0. The third-order valence-electron chi connectivity index (χ3n) is 4.19. The number of anilines is 1. The van der Waals surface area contributed by atoms with Crippen LogP contribution >= 0.6 is 11.3 Å². The van der Waals surface area contributed by atoms with Gasteiger partial charge >= 0.3 is 0 Å². The Balaban J connectivity index is 1.59. The van der Waals surface area contributed by atoms with Crippen LogP contribution in [0, 0.1) is 12.7 Å². The highest BCUT2D eigenvalue weighted by atomic mass is 32.1. The molecular formula is C17H14FN3O2S. The molecule has 24 heavy (non-hydrogen) atoms. The van der Waals surface area contributed by atoms with Crippen LogP contribution in [-0.4, -0.2) is 22.6 Å². The molecule has 1 saturated heterocycles. The van der Waals surface area contributed by atoms with E-state index in [4.69, 9.17) is 4.52 Å². The van der Waals surface area contributed by atoms with Crippen LogP contribution in [0.25, 0.3) is 10.8 Å². The Kier molecular flexibility index (Phi) is 3.65. The zero-order valence-corrected chi connectivity index (χ0v) is 13.7. The highest BCUT2D eigenvalue weighted by molar-refractivity contribution is 7.13. The van der Waals surface area contributed by atoms with Crippen molar-refractivity contribution in [2.75, 3.05) is 11.4 Å². The maximum atomic E-state index is 13.8. The summed E-state index contributed by atoms with van der Waals surface area (Å²) in [5.74, 6) is 0.452. The fourth-order valence-corrected chi connectivity index (χ4v) is 3.55. The normalized spacial score (nSPS) is 17.7. The van der Waals surface area contributed by atoms with Crippen LogP contribution in [-0.2, 0) is 4.79 Å². The summed E-state index contributed by atoms with van der Waals surface area (Å²) in [6.45, 7) is 2.10. The summed E-state index contributed by atoms with van der Waals surface area (Å²) in [6, 6.07) is 8.58. The van der Waals surface area contributed by atoms with Gasteiger partial charge < -0.3 is 9.42 Å². The van der Waals surface area contributed by atoms with Gasteiger partial charge in [0.05, 0.1) is 4.88 Å². The quantitative estimate of drug-likeness (QED) is 0.726. The van der Waals surface area contributed by atoms with E-state index in [2.05, 4.69) is 10.1 Å². The first-order valence-corrected chi connectivity index (χ1v) is 8.44. The standard InChI is InChI=1S/C17H14FN3O2S/c1-10-12(18)4-2-5-13(10)21-9-11(8-15(21)22)16-19-17(23-20-16)14-6-3-7-24-14/h2-7,11H,8-9H2,1H3. The minimum absolute atomic E-state index is 0.0591. The number of benzene rings is 1. The van der Waals surface area contributed by atoms with Crippen LogP contribution in [0.15, 0.2) is 40.2 Å². The molecule has 3 heterocycles. The van der Waals surface area contributed by atoms with E-state index in [1.165, 1.54) is 17.4 Å². The summed E-state index contributed by atoms with van der Waals surface area (Å²) in [5, 5.41) is 5.96. The van der Waals surface area contributed by atoms with Crippen LogP contribution in [0.2, 0.25) is 0 Å². The summed E-state index contributed by atoms with van der Waals surface area (Å²) in [5.41, 5.74) is 1.07. The monoisotopic (exact) mass is 343 g/mol. The molecule has 7 heteroatoms. The molecule has 0 saturated carbocycles. The van der Waals surface area contributed by atoms with Crippen LogP contribution in [0.4, 0.5) is 10.1 Å². The van der Waals surface area contributed by atoms with Crippen molar-refractivity contribution in [3.05, 3.63) is 52.9 Å². The van der Waals surface area contributed by atoms with Gasteiger partial charge in [0.25, 0.3) is 5.89 Å². The van der Waals surface area contributed by atoms with Crippen LogP contribution in [0.1, 0.15) is 23.7 Å². The number of hydrogen-bond acceptors (Lipinski definition) is 5. The highest BCUT2D eigenvalue weighted by Crippen LogP contribution is 2.34. The Bertz CT molecular complexity index is 891. The third kappa shape index (κ3) is 2.50. The van der Waals surface area contributed by atoms with Gasteiger partial charge in [-0.2, -0.15) is 4.98 Å². The molecule has 1 unspecified atom stereocenters.